The topological polar surface area (TPSA) is 64.6 Å². The molecule has 0 heterocycles. The van der Waals surface area contributed by atoms with Gasteiger partial charge in [-0.1, -0.05) is 23.7 Å². The number of rotatable bonds is 5. The summed E-state index contributed by atoms with van der Waals surface area (Å²) < 4.78 is 10.3. The van der Waals surface area contributed by atoms with Crippen LogP contribution in [0.3, 0.4) is 0 Å². The fraction of sp³-hybridized carbons (Fsp3) is 0.222. The molecule has 0 spiro atoms. The van der Waals surface area contributed by atoms with Gasteiger partial charge in [0.1, 0.15) is 5.75 Å². The van der Waals surface area contributed by atoms with Crippen molar-refractivity contribution in [3.05, 3.63) is 58.6 Å². The minimum absolute atomic E-state index is 0.313. The molecule has 5 nitrogen and oxygen atoms in total. The molecule has 24 heavy (non-hydrogen) atoms. The zero-order valence-electron chi connectivity index (χ0n) is 13.6. The Morgan fingerprint density at radius 3 is 2.58 bits per heavy atom. The van der Waals surface area contributed by atoms with Crippen molar-refractivity contribution >= 4 is 29.2 Å². The Hall–Kier alpha value is -2.53. The van der Waals surface area contributed by atoms with Crippen LogP contribution in [0.1, 0.15) is 22.8 Å². The van der Waals surface area contributed by atoms with Crippen molar-refractivity contribution in [3.63, 3.8) is 0 Å². The van der Waals surface area contributed by atoms with E-state index in [1.807, 2.05) is 0 Å². The van der Waals surface area contributed by atoms with Crippen molar-refractivity contribution < 1.29 is 19.1 Å². The molecule has 0 aliphatic carbocycles. The van der Waals surface area contributed by atoms with E-state index in [0.29, 0.717) is 22.0 Å². The lowest BCUT2D eigenvalue weighted by Crippen LogP contribution is -2.30. The molecular formula is C18H18ClNO4. The fourth-order valence-electron chi connectivity index (χ4n) is 2.01. The molecule has 0 saturated heterocycles. The van der Waals surface area contributed by atoms with Crippen LogP contribution >= 0.6 is 11.6 Å². The van der Waals surface area contributed by atoms with Gasteiger partial charge in [-0.2, -0.15) is 0 Å². The molecule has 0 aliphatic heterocycles. The van der Waals surface area contributed by atoms with Crippen molar-refractivity contribution in [3.8, 4) is 5.75 Å². The third-order valence-electron chi connectivity index (χ3n) is 3.48. The number of hydrogen-bond donors (Lipinski definition) is 1. The van der Waals surface area contributed by atoms with E-state index in [1.54, 1.807) is 49.4 Å². The van der Waals surface area contributed by atoms with E-state index in [-0.39, 0.29) is 0 Å². The second-order valence-electron chi connectivity index (χ2n) is 5.18. The van der Waals surface area contributed by atoms with Crippen molar-refractivity contribution in [2.24, 2.45) is 0 Å². The normalized spacial score (nSPS) is 11.5. The molecule has 1 amide bonds. The Morgan fingerprint density at radius 1 is 1.17 bits per heavy atom. The van der Waals surface area contributed by atoms with Crippen molar-refractivity contribution in [1.29, 1.82) is 0 Å². The van der Waals surface area contributed by atoms with E-state index in [2.05, 4.69) is 5.32 Å². The highest BCUT2D eigenvalue weighted by atomic mass is 35.5. The largest absolute Gasteiger partial charge is 0.497 e. The molecule has 0 aliphatic rings. The molecule has 0 fully saturated rings. The summed E-state index contributed by atoms with van der Waals surface area (Å²) in [5.74, 6) is -0.493. The summed E-state index contributed by atoms with van der Waals surface area (Å²) in [4.78, 5) is 24.3. The molecule has 126 valence electrons. The quantitative estimate of drug-likeness (QED) is 0.834. The predicted molar refractivity (Wildman–Crippen MR) is 92.7 cm³/mol. The monoisotopic (exact) mass is 347 g/mol. The number of anilines is 1. The number of ether oxygens (including phenoxy) is 2. The summed E-state index contributed by atoms with van der Waals surface area (Å²) in [7, 11) is 1.51. The van der Waals surface area contributed by atoms with Crippen LogP contribution in [0, 0.1) is 6.92 Å². The van der Waals surface area contributed by atoms with E-state index < -0.39 is 18.0 Å². The molecule has 0 saturated carbocycles. The fourth-order valence-corrected chi connectivity index (χ4v) is 2.18. The Kier molecular flexibility index (Phi) is 5.82. The Labute approximate surface area is 145 Å². The lowest BCUT2D eigenvalue weighted by atomic mass is 10.2. The summed E-state index contributed by atoms with van der Waals surface area (Å²) >= 11 is 6.02. The van der Waals surface area contributed by atoms with Gasteiger partial charge in [0.25, 0.3) is 5.91 Å². The Balaban J connectivity index is 2.03. The van der Waals surface area contributed by atoms with Gasteiger partial charge in [-0.25, -0.2) is 4.79 Å². The number of nitrogens with one attached hydrogen (secondary N) is 1. The van der Waals surface area contributed by atoms with Gasteiger partial charge in [-0.05, 0) is 49.7 Å². The first kappa shape index (κ1) is 17.8. The van der Waals surface area contributed by atoms with Gasteiger partial charge >= 0.3 is 5.97 Å². The highest BCUT2D eigenvalue weighted by molar-refractivity contribution is 6.31. The van der Waals surface area contributed by atoms with Crippen molar-refractivity contribution in [1.82, 2.24) is 0 Å². The van der Waals surface area contributed by atoms with Crippen molar-refractivity contribution in [2.75, 3.05) is 12.4 Å². The van der Waals surface area contributed by atoms with Gasteiger partial charge in [-0.15, -0.1) is 0 Å². The van der Waals surface area contributed by atoms with E-state index >= 15 is 0 Å². The number of carbonyl (C=O) groups is 2. The van der Waals surface area contributed by atoms with Gasteiger partial charge < -0.3 is 14.8 Å². The molecule has 2 aromatic rings. The van der Waals surface area contributed by atoms with Crippen LogP contribution in [-0.4, -0.2) is 25.1 Å². The van der Waals surface area contributed by atoms with Crippen molar-refractivity contribution in [2.45, 2.75) is 20.0 Å². The number of carbonyl (C=O) groups excluding carboxylic acids is 2. The van der Waals surface area contributed by atoms with E-state index in [1.165, 1.54) is 14.0 Å². The maximum atomic E-state index is 12.2. The number of methoxy groups -OCH3 is 1. The third-order valence-corrected chi connectivity index (χ3v) is 3.89. The summed E-state index contributed by atoms with van der Waals surface area (Å²) in [5.41, 5.74) is 1.64. The minimum atomic E-state index is -0.956. The molecule has 1 atom stereocenters. The summed E-state index contributed by atoms with van der Waals surface area (Å²) in [6.07, 6.45) is -0.956. The van der Waals surface area contributed by atoms with Crippen LogP contribution in [0.5, 0.6) is 5.75 Å². The molecular weight excluding hydrogens is 330 g/mol. The molecule has 0 aromatic heterocycles. The first-order valence-corrected chi connectivity index (χ1v) is 7.71. The van der Waals surface area contributed by atoms with Gasteiger partial charge in [0.2, 0.25) is 0 Å². The number of halogens is 1. The van der Waals surface area contributed by atoms with Crippen LogP contribution in [0.2, 0.25) is 5.02 Å². The molecule has 2 aromatic carbocycles. The van der Waals surface area contributed by atoms with Gasteiger partial charge in [0.05, 0.1) is 12.7 Å². The Morgan fingerprint density at radius 2 is 1.88 bits per heavy atom. The molecule has 6 heteroatoms. The van der Waals surface area contributed by atoms with Crippen LogP contribution in [-0.2, 0) is 9.53 Å². The molecule has 0 bridgehead atoms. The summed E-state index contributed by atoms with van der Waals surface area (Å²) in [5, 5.41) is 3.25. The van der Waals surface area contributed by atoms with Crippen LogP contribution < -0.4 is 10.1 Å². The van der Waals surface area contributed by atoms with Crippen LogP contribution in [0.25, 0.3) is 0 Å². The van der Waals surface area contributed by atoms with Crippen LogP contribution in [0.15, 0.2) is 42.5 Å². The summed E-state index contributed by atoms with van der Waals surface area (Å²) in [6, 6.07) is 11.7. The lowest BCUT2D eigenvalue weighted by molar-refractivity contribution is -0.123. The predicted octanol–water partition coefficient (Wildman–Crippen LogP) is 3.84. The summed E-state index contributed by atoms with van der Waals surface area (Å²) in [6.45, 7) is 3.30. The average molecular weight is 348 g/mol. The molecule has 1 N–H and O–H groups in total. The highest BCUT2D eigenvalue weighted by Crippen LogP contribution is 2.23. The Bertz CT molecular complexity index is 760. The van der Waals surface area contributed by atoms with E-state index in [4.69, 9.17) is 21.1 Å². The smallest absolute Gasteiger partial charge is 0.339 e. The zero-order chi connectivity index (χ0) is 17.7. The molecule has 0 radical (unpaired) electrons. The SMILES string of the molecule is COc1cccc(C(=O)O[C@H](C)C(=O)Nc2cccc(Cl)c2C)c1. The average Bonchev–Trinajstić information content (AvgIpc) is 2.58. The molecule has 2 rings (SSSR count). The number of benzene rings is 2. The minimum Gasteiger partial charge on any atom is -0.497 e. The second-order valence-corrected chi connectivity index (χ2v) is 5.59. The highest BCUT2D eigenvalue weighted by Gasteiger charge is 2.20. The third kappa shape index (κ3) is 4.26. The second kappa shape index (κ2) is 7.84. The van der Waals surface area contributed by atoms with Gasteiger partial charge in [0.15, 0.2) is 6.10 Å². The molecule has 0 unspecified atom stereocenters. The maximum absolute atomic E-state index is 12.2. The van der Waals surface area contributed by atoms with Gasteiger partial charge in [-0.3, -0.25) is 4.79 Å². The van der Waals surface area contributed by atoms with E-state index in [0.717, 1.165) is 5.56 Å². The maximum Gasteiger partial charge on any atom is 0.339 e. The number of amides is 1. The number of hydrogen-bond acceptors (Lipinski definition) is 4. The van der Waals surface area contributed by atoms with E-state index in [9.17, 15) is 9.59 Å². The lowest BCUT2D eigenvalue weighted by Gasteiger charge is -2.15. The standard InChI is InChI=1S/C18H18ClNO4/c1-11-15(19)8-5-9-16(11)20-17(21)12(2)24-18(22)13-6-4-7-14(10-13)23-3/h4-10,12H,1-3H3,(H,20,21)/t12-/m1/s1. The van der Waals surface area contributed by atoms with Gasteiger partial charge in [0, 0.05) is 10.7 Å². The number of esters is 1. The first-order chi connectivity index (χ1) is 11.4. The zero-order valence-corrected chi connectivity index (χ0v) is 14.4. The van der Waals surface area contributed by atoms with Crippen LogP contribution in [0.4, 0.5) is 5.69 Å². The first-order valence-electron chi connectivity index (χ1n) is 7.33.